The molecule has 2 aromatic carbocycles. The number of halogens is 1. The Balaban J connectivity index is 2.16. The molecule has 0 aromatic heterocycles. The minimum absolute atomic E-state index is 0.128. The van der Waals surface area contributed by atoms with Crippen LogP contribution < -0.4 is 0 Å². The van der Waals surface area contributed by atoms with Crippen molar-refractivity contribution in [3.63, 3.8) is 0 Å². The molecule has 0 saturated carbocycles. The number of nitro groups is 1. The maximum absolute atomic E-state index is 10.5. The van der Waals surface area contributed by atoms with Crippen LogP contribution in [-0.4, -0.2) is 4.92 Å². The normalized spacial score (nSPS) is 10.2. The van der Waals surface area contributed by atoms with Gasteiger partial charge in [0, 0.05) is 16.6 Å². The van der Waals surface area contributed by atoms with E-state index in [4.69, 9.17) is 0 Å². The molecule has 17 heavy (non-hydrogen) atoms. The van der Waals surface area contributed by atoms with Crippen LogP contribution in [0.15, 0.2) is 53.0 Å². The fraction of sp³-hybridized carbons (Fsp3) is 0.0769. The van der Waals surface area contributed by atoms with E-state index in [1.165, 1.54) is 17.7 Å². The van der Waals surface area contributed by atoms with Crippen molar-refractivity contribution in [3.8, 4) is 0 Å². The highest BCUT2D eigenvalue weighted by molar-refractivity contribution is 9.10. The largest absolute Gasteiger partial charge is 0.269 e. The van der Waals surface area contributed by atoms with Crippen LogP contribution in [0.25, 0.3) is 0 Å². The number of nitro benzene ring substituents is 1. The summed E-state index contributed by atoms with van der Waals surface area (Å²) in [7, 11) is 0. The molecule has 3 nitrogen and oxygen atoms in total. The van der Waals surface area contributed by atoms with Crippen molar-refractivity contribution in [2.75, 3.05) is 0 Å². The Morgan fingerprint density at radius 2 is 1.76 bits per heavy atom. The summed E-state index contributed by atoms with van der Waals surface area (Å²) in [6, 6.07) is 14.7. The first kappa shape index (κ1) is 11.8. The second-order valence-electron chi connectivity index (χ2n) is 3.73. The predicted octanol–water partition coefficient (Wildman–Crippen LogP) is 3.95. The van der Waals surface area contributed by atoms with Gasteiger partial charge in [-0.3, -0.25) is 10.1 Å². The molecular formula is C13H10BrNO2. The highest BCUT2D eigenvalue weighted by Crippen LogP contribution is 2.17. The van der Waals surface area contributed by atoms with Crippen molar-refractivity contribution in [1.29, 1.82) is 0 Å². The molecule has 0 heterocycles. The molecule has 2 rings (SSSR count). The monoisotopic (exact) mass is 291 g/mol. The van der Waals surface area contributed by atoms with Gasteiger partial charge in [0.25, 0.3) is 5.69 Å². The summed E-state index contributed by atoms with van der Waals surface area (Å²) in [6.07, 6.45) is 0.775. The minimum atomic E-state index is -0.386. The Morgan fingerprint density at radius 3 is 2.35 bits per heavy atom. The average molecular weight is 292 g/mol. The van der Waals surface area contributed by atoms with Crippen LogP contribution in [0.1, 0.15) is 11.1 Å². The number of nitrogens with zero attached hydrogens (tertiary/aromatic N) is 1. The molecule has 0 spiro atoms. The van der Waals surface area contributed by atoms with E-state index >= 15 is 0 Å². The quantitative estimate of drug-likeness (QED) is 0.635. The van der Waals surface area contributed by atoms with Crippen molar-refractivity contribution in [1.82, 2.24) is 0 Å². The van der Waals surface area contributed by atoms with Crippen molar-refractivity contribution in [3.05, 3.63) is 74.2 Å². The van der Waals surface area contributed by atoms with Gasteiger partial charge in [0.15, 0.2) is 0 Å². The first-order chi connectivity index (χ1) is 8.15. The standard InChI is InChI=1S/C13H10BrNO2/c14-12-3-1-2-11(9-12)8-10-4-6-13(7-5-10)15(16)17/h1-7,9H,8H2. The van der Waals surface area contributed by atoms with E-state index in [0.717, 1.165) is 16.5 Å². The van der Waals surface area contributed by atoms with Gasteiger partial charge in [-0.15, -0.1) is 0 Å². The van der Waals surface area contributed by atoms with Gasteiger partial charge in [-0.25, -0.2) is 0 Å². The molecule has 0 N–H and O–H groups in total. The highest BCUT2D eigenvalue weighted by Gasteiger charge is 2.04. The van der Waals surface area contributed by atoms with E-state index in [9.17, 15) is 10.1 Å². The molecule has 0 fully saturated rings. The summed E-state index contributed by atoms with van der Waals surface area (Å²) < 4.78 is 1.04. The Bertz CT molecular complexity index is 537. The van der Waals surface area contributed by atoms with Crippen molar-refractivity contribution >= 4 is 21.6 Å². The average Bonchev–Trinajstić information content (AvgIpc) is 2.29. The van der Waals surface area contributed by atoms with Gasteiger partial charge in [0.1, 0.15) is 0 Å². The number of hydrogen-bond donors (Lipinski definition) is 0. The second-order valence-corrected chi connectivity index (χ2v) is 4.65. The molecule has 0 amide bonds. The lowest BCUT2D eigenvalue weighted by molar-refractivity contribution is -0.384. The van der Waals surface area contributed by atoms with Crippen LogP contribution >= 0.6 is 15.9 Å². The maximum atomic E-state index is 10.5. The van der Waals surface area contributed by atoms with Crippen LogP contribution in [0.2, 0.25) is 0 Å². The number of rotatable bonds is 3. The van der Waals surface area contributed by atoms with E-state index in [1.807, 2.05) is 24.3 Å². The fourth-order valence-corrected chi connectivity index (χ4v) is 2.06. The molecule has 86 valence electrons. The van der Waals surface area contributed by atoms with E-state index < -0.39 is 0 Å². The molecule has 0 saturated heterocycles. The van der Waals surface area contributed by atoms with Crippen LogP contribution in [0.5, 0.6) is 0 Å². The summed E-state index contributed by atoms with van der Waals surface area (Å²) in [5.74, 6) is 0. The molecular weight excluding hydrogens is 282 g/mol. The first-order valence-corrected chi connectivity index (χ1v) is 5.92. The summed E-state index contributed by atoms with van der Waals surface area (Å²) in [6.45, 7) is 0. The van der Waals surface area contributed by atoms with Crippen molar-refractivity contribution < 1.29 is 4.92 Å². The van der Waals surface area contributed by atoms with E-state index in [2.05, 4.69) is 15.9 Å². The van der Waals surface area contributed by atoms with Crippen LogP contribution in [-0.2, 0) is 6.42 Å². The lowest BCUT2D eigenvalue weighted by Crippen LogP contribution is -1.90. The van der Waals surface area contributed by atoms with Gasteiger partial charge in [0.05, 0.1) is 4.92 Å². The highest BCUT2D eigenvalue weighted by atomic mass is 79.9. The van der Waals surface area contributed by atoms with E-state index in [1.54, 1.807) is 12.1 Å². The lowest BCUT2D eigenvalue weighted by atomic mass is 10.1. The molecule has 2 aromatic rings. The third-order valence-electron chi connectivity index (χ3n) is 2.44. The van der Waals surface area contributed by atoms with Gasteiger partial charge in [-0.2, -0.15) is 0 Å². The zero-order valence-corrected chi connectivity index (χ0v) is 10.6. The van der Waals surface area contributed by atoms with Gasteiger partial charge in [-0.1, -0.05) is 40.2 Å². The molecule has 0 aliphatic rings. The van der Waals surface area contributed by atoms with Crippen molar-refractivity contribution in [2.24, 2.45) is 0 Å². The van der Waals surface area contributed by atoms with Gasteiger partial charge in [0.2, 0.25) is 0 Å². The smallest absolute Gasteiger partial charge is 0.258 e. The Kier molecular flexibility index (Phi) is 3.54. The molecule has 0 unspecified atom stereocenters. The third-order valence-corrected chi connectivity index (χ3v) is 2.94. The number of hydrogen-bond acceptors (Lipinski definition) is 2. The van der Waals surface area contributed by atoms with Gasteiger partial charge in [-0.05, 0) is 29.7 Å². The Hall–Kier alpha value is -1.68. The second kappa shape index (κ2) is 5.10. The Morgan fingerprint density at radius 1 is 1.06 bits per heavy atom. The summed E-state index contributed by atoms with van der Waals surface area (Å²) in [5, 5.41) is 10.5. The summed E-state index contributed by atoms with van der Waals surface area (Å²) >= 11 is 3.42. The SMILES string of the molecule is O=[N+]([O-])c1ccc(Cc2cccc(Br)c2)cc1. The summed E-state index contributed by atoms with van der Waals surface area (Å²) in [4.78, 5) is 10.1. The number of benzene rings is 2. The molecule has 0 aliphatic heterocycles. The minimum Gasteiger partial charge on any atom is -0.258 e. The third kappa shape index (κ3) is 3.14. The van der Waals surface area contributed by atoms with Crippen LogP contribution in [0, 0.1) is 10.1 Å². The van der Waals surface area contributed by atoms with Gasteiger partial charge >= 0.3 is 0 Å². The van der Waals surface area contributed by atoms with Crippen molar-refractivity contribution in [2.45, 2.75) is 6.42 Å². The zero-order valence-electron chi connectivity index (χ0n) is 8.97. The topological polar surface area (TPSA) is 43.1 Å². The zero-order chi connectivity index (χ0) is 12.3. The van der Waals surface area contributed by atoms with Gasteiger partial charge < -0.3 is 0 Å². The lowest BCUT2D eigenvalue weighted by Gasteiger charge is -2.02. The number of non-ortho nitro benzene ring substituents is 1. The maximum Gasteiger partial charge on any atom is 0.269 e. The van der Waals surface area contributed by atoms with Crippen LogP contribution in [0.3, 0.4) is 0 Å². The summed E-state index contributed by atoms with van der Waals surface area (Å²) in [5.41, 5.74) is 2.37. The molecule has 0 bridgehead atoms. The van der Waals surface area contributed by atoms with Crippen LogP contribution in [0.4, 0.5) is 5.69 Å². The fourth-order valence-electron chi connectivity index (χ4n) is 1.62. The predicted molar refractivity (Wildman–Crippen MR) is 70.0 cm³/mol. The molecule has 0 radical (unpaired) electrons. The molecule has 0 aliphatic carbocycles. The molecule has 4 heteroatoms. The van der Waals surface area contributed by atoms with E-state index in [0.29, 0.717) is 0 Å². The first-order valence-electron chi connectivity index (χ1n) is 5.13. The molecule has 0 atom stereocenters. The van der Waals surface area contributed by atoms with E-state index in [-0.39, 0.29) is 10.6 Å². The Labute approximate surface area is 107 Å².